The molecule has 3 rings (SSSR count). The molecule has 0 aliphatic carbocycles. The van der Waals surface area contributed by atoms with Gasteiger partial charge in [-0.2, -0.15) is 0 Å². The van der Waals surface area contributed by atoms with Crippen LogP contribution >= 0.6 is 15.9 Å². The third-order valence-electron chi connectivity index (χ3n) is 6.27. The highest BCUT2D eigenvalue weighted by atomic mass is 79.9. The van der Waals surface area contributed by atoms with Gasteiger partial charge in [-0.15, -0.1) is 0 Å². The van der Waals surface area contributed by atoms with E-state index in [1.54, 1.807) is 4.90 Å². The van der Waals surface area contributed by atoms with Crippen molar-refractivity contribution >= 4 is 27.7 Å². The molecule has 0 saturated heterocycles. The highest BCUT2D eigenvalue weighted by Crippen LogP contribution is 2.22. The number of unbranched alkanes of at least 4 members (excludes halogenated alkanes) is 1. The first-order valence-electron chi connectivity index (χ1n) is 12.4. The number of halogens is 1. The summed E-state index contributed by atoms with van der Waals surface area (Å²) in [5.41, 5.74) is 4.04. The molecule has 0 unspecified atom stereocenters. The fraction of sp³-hybridized carbons (Fsp3) is 0.333. The van der Waals surface area contributed by atoms with Crippen molar-refractivity contribution in [2.75, 3.05) is 13.2 Å². The van der Waals surface area contributed by atoms with E-state index in [0.29, 0.717) is 25.3 Å². The van der Waals surface area contributed by atoms with E-state index in [2.05, 4.69) is 28.2 Å². The van der Waals surface area contributed by atoms with Crippen LogP contribution in [0.1, 0.15) is 42.0 Å². The standard InChI is InChI=1S/C30H35BrN2O3/c1-4-5-18-32-30(35)27(19-24-11-7-6-8-12-24)33(20-25-14-16-26(31)17-15-25)29(34)21-36-28-13-9-10-22(2)23(28)3/h6-17,27H,4-5,18-21H2,1-3H3,(H,32,35)/t27-/m1/s1. The number of aryl methyl sites for hydroxylation is 1. The number of hydrogen-bond donors (Lipinski definition) is 1. The molecule has 0 radical (unpaired) electrons. The van der Waals surface area contributed by atoms with Crippen LogP contribution in [-0.4, -0.2) is 35.9 Å². The second-order valence-corrected chi connectivity index (χ2v) is 9.90. The van der Waals surface area contributed by atoms with Gasteiger partial charge in [0, 0.05) is 24.0 Å². The Hall–Kier alpha value is -3.12. The predicted molar refractivity (Wildman–Crippen MR) is 148 cm³/mol. The molecule has 0 heterocycles. The molecule has 5 nitrogen and oxygen atoms in total. The third-order valence-corrected chi connectivity index (χ3v) is 6.80. The van der Waals surface area contributed by atoms with Crippen molar-refractivity contribution in [3.05, 3.63) is 99.5 Å². The van der Waals surface area contributed by atoms with Crippen LogP contribution < -0.4 is 10.1 Å². The summed E-state index contributed by atoms with van der Waals surface area (Å²) in [5.74, 6) is 0.300. The first-order chi connectivity index (χ1) is 17.4. The van der Waals surface area contributed by atoms with Crippen molar-refractivity contribution in [3.63, 3.8) is 0 Å². The fourth-order valence-corrected chi connectivity index (χ4v) is 4.21. The van der Waals surface area contributed by atoms with Gasteiger partial charge in [0.05, 0.1) is 0 Å². The summed E-state index contributed by atoms with van der Waals surface area (Å²) in [6.07, 6.45) is 2.29. The molecule has 0 bridgehead atoms. The van der Waals surface area contributed by atoms with Gasteiger partial charge in [0.2, 0.25) is 5.91 Å². The zero-order valence-corrected chi connectivity index (χ0v) is 22.9. The SMILES string of the molecule is CCCCNC(=O)[C@@H](Cc1ccccc1)N(Cc1ccc(Br)cc1)C(=O)COc1cccc(C)c1C. The lowest BCUT2D eigenvalue weighted by molar-refractivity contribution is -0.142. The summed E-state index contributed by atoms with van der Waals surface area (Å²) in [6, 6.07) is 22.8. The van der Waals surface area contributed by atoms with Gasteiger partial charge in [-0.05, 0) is 60.7 Å². The van der Waals surface area contributed by atoms with Gasteiger partial charge in [-0.1, -0.05) is 83.9 Å². The van der Waals surface area contributed by atoms with E-state index >= 15 is 0 Å². The number of ether oxygens (including phenoxy) is 1. The molecule has 1 N–H and O–H groups in total. The Morgan fingerprint density at radius 2 is 1.67 bits per heavy atom. The van der Waals surface area contributed by atoms with E-state index in [1.165, 1.54) is 0 Å². The van der Waals surface area contributed by atoms with Crippen LogP contribution in [0.5, 0.6) is 5.75 Å². The van der Waals surface area contributed by atoms with Crippen LogP contribution in [-0.2, 0) is 22.6 Å². The smallest absolute Gasteiger partial charge is 0.261 e. The van der Waals surface area contributed by atoms with Crippen LogP contribution in [0, 0.1) is 13.8 Å². The summed E-state index contributed by atoms with van der Waals surface area (Å²) >= 11 is 3.47. The molecule has 36 heavy (non-hydrogen) atoms. The van der Waals surface area contributed by atoms with Gasteiger partial charge in [0.1, 0.15) is 11.8 Å². The van der Waals surface area contributed by atoms with Gasteiger partial charge in [-0.3, -0.25) is 9.59 Å². The first-order valence-corrected chi connectivity index (χ1v) is 13.2. The molecular weight excluding hydrogens is 516 g/mol. The Labute approximate surface area is 223 Å². The van der Waals surface area contributed by atoms with E-state index in [0.717, 1.165) is 39.6 Å². The molecule has 0 aliphatic heterocycles. The Morgan fingerprint density at radius 1 is 0.944 bits per heavy atom. The lowest BCUT2D eigenvalue weighted by Crippen LogP contribution is -2.51. The molecule has 0 aromatic heterocycles. The zero-order valence-electron chi connectivity index (χ0n) is 21.3. The van der Waals surface area contributed by atoms with E-state index in [1.807, 2.05) is 86.6 Å². The van der Waals surface area contributed by atoms with Gasteiger partial charge in [-0.25, -0.2) is 0 Å². The number of carbonyl (C=O) groups excluding carboxylic acids is 2. The van der Waals surface area contributed by atoms with Crippen LogP contribution in [0.3, 0.4) is 0 Å². The summed E-state index contributed by atoms with van der Waals surface area (Å²) in [6.45, 7) is 6.82. The number of rotatable bonds is 12. The number of benzene rings is 3. The van der Waals surface area contributed by atoms with Crippen LogP contribution in [0.25, 0.3) is 0 Å². The molecule has 2 amide bonds. The molecule has 0 spiro atoms. The molecule has 190 valence electrons. The minimum Gasteiger partial charge on any atom is -0.483 e. The van der Waals surface area contributed by atoms with E-state index in [-0.39, 0.29) is 18.4 Å². The normalized spacial score (nSPS) is 11.6. The summed E-state index contributed by atoms with van der Waals surface area (Å²) < 4.78 is 6.92. The number of carbonyl (C=O) groups is 2. The van der Waals surface area contributed by atoms with E-state index in [4.69, 9.17) is 4.74 Å². The third kappa shape index (κ3) is 7.95. The molecule has 0 aliphatic rings. The summed E-state index contributed by atoms with van der Waals surface area (Å²) in [7, 11) is 0. The van der Waals surface area contributed by atoms with Crippen LogP contribution in [0.15, 0.2) is 77.3 Å². The van der Waals surface area contributed by atoms with E-state index in [9.17, 15) is 9.59 Å². The zero-order chi connectivity index (χ0) is 25.9. The van der Waals surface area contributed by atoms with Crippen molar-refractivity contribution in [1.29, 1.82) is 0 Å². The van der Waals surface area contributed by atoms with E-state index < -0.39 is 6.04 Å². The fourth-order valence-electron chi connectivity index (χ4n) is 3.95. The van der Waals surface area contributed by atoms with Crippen molar-refractivity contribution in [2.45, 2.75) is 52.6 Å². The molecule has 3 aromatic carbocycles. The van der Waals surface area contributed by atoms with Crippen molar-refractivity contribution in [2.24, 2.45) is 0 Å². The predicted octanol–water partition coefficient (Wildman–Crippen LogP) is 6.00. The Bertz CT molecular complexity index is 1130. The molecule has 6 heteroatoms. The molecule has 1 atom stereocenters. The molecule has 0 saturated carbocycles. The topological polar surface area (TPSA) is 58.6 Å². The Balaban J connectivity index is 1.89. The van der Waals surface area contributed by atoms with Crippen LogP contribution in [0.2, 0.25) is 0 Å². The van der Waals surface area contributed by atoms with Crippen LogP contribution in [0.4, 0.5) is 0 Å². The van der Waals surface area contributed by atoms with Crippen molar-refractivity contribution in [3.8, 4) is 5.75 Å². The minimum absolute atomic E-state index is 0.144. The highest BCUT2D eigenvalue weighted by molar-refractivity contribution is 9.10. The lowest BCUT2D eigenvalue weighted by atomic mass is 10.0. The number of hydrogen-bond acceptors (Lipinski definition) is 3. The monoisotopic (exact) mass is 550 g/mol. The quantitative estimate of drug-likeness (QED) is 0.281. The average Bonchev–Trinajstić information content (AvgIpc) is 2.88. The maximum Gasteiger partial charge on any atom is 0.261 e. The number of nitrogens with one attached hydrogen (secondary N) is 1. The summed E-state index contributed by atoms with van der Waals surface area (Å²) in [5, 5.41) is 3.04. The molecule has 0 fully saturated rings. The van der Waals surface area contributed by atoms with Gasteiger partial charge in [0.15, 0.2) is 6.61 Å². The van der Waals surface area contributed by atoms with Crippen molar-refractivity contribution in [1.82, 2.24) is 10.2 Å². The second-order valence-electron chi connectivity index (χ2n) is 8.98. The van der Waals surface area contributed by atoms with Gasteiger partial charge in [0.25, 0.3) is 5.91 Å². The maximum absolute atomic E-state index is 13.7. The van der Waals surface area contributed by atoms with Gasteiger partial charge < -0.3 is 15.0 Å². The largest absolute Gasteiger partial charge is 0.483 e. The number of nitrogens with zero attached hydrogens (tertiary/aromatic N) is 1. The second kappa shape index (κ2) is 13.8. The Kier molecular flexibility index (Phi) is 10.6. The molecule has 3 aromatic rings. The first kappa shape index (κ1) is 27.5. The summed E-state index contributed by atoms with van der Waals surface area (Å²) in [4.78, 5) is 28.7. The van der Waals surface area contributed by atoms with Gasteiger partial charge >= 0.3 is 0 Å². The van der Waals surface area contributed by atoms with Crippen molar-refractivity contribution < 1.29 is 14.3 Å². The average molecular weight is 552 g/mol. The lowest BCUT2D eigenvalue weighted by Gasteiger charge is -2.31. The Morgan fingerprint density at radius 3 is 2.36 bits per heavy atom. The number of amides is 2. The highest BCUT2D eigenvalue weighted by Gasteiger charge is 2.30. The maximum atomic E-state index is 13.7. The molecular formula is C30H35BrN2O3. The minimum atomic E-state index is -0.664.